The number of hydrogen-bond acceptors (Lipinski definition) is 2. The normalized spacial score (nSPS) is 33.3. The SMILES string of the molecule is CC1(C)CNCCC(N)C1. The summed E-state index contributed by atoms with van der Waals surface area (Å²) in [4.78, 5) is 0. The van der Waals surface area contributed by atoms with E-state index in [1.54, 1.807) is 0 Å². The van der Waals surface area contributed by atoms with Crippen LogP contribution in [0.1, 0.15) is 26.7 Å². The van der Waals surface area contributed by atoms with Crippen molar-refractivity contribution in [1.29, 1.82) is 0 Å². The average Bonchev–Trinajstić information content (AvgIpc) is 1.90. The fourth-order valence-electron chi connectivity index (χ4n) is 1.60. The van der Waals surface area contributed by atoms with Gasteiger partial charge in [0.2, 0.25) is 0 Å². The van der Waals surface area contributed by atoms with Gasteiger partial charge in [0.1, 0.15) is 0 Å². The highest BCUT2D eigenvalue weighted by atomic mass is 14.9. The molecular weight excluding hydrogens is 124 g/mol. The summed E-state index contributed by atoms with van der Waals surface area (Å²) in [5, 5.41) is 3.39. The van der Waals surface area contributed by atoms with Crippen LogP contribution in [-0.4, -0.2) is 19.1 Å². The largest absolute Gasteiger partial charge is 0.328 e. The standard InChI is InChI=1S/C8H18N2/c1-8(2)5-7(9)3-4-10-6-8/h7,10H,3-6,9H2,1-2H3. The zero-order chi connectivity index (χ0) is 7.61. The summed E-state index contributed by atoms with van der Waals surface area (Å²) in [6.07, 6.45) is 2.28. The molecule has 1 atom stereocenters. The lowest BCUT2D eigenvalue weighted by Gasteiger charge is -2.23. The van der Waals surface area contributed by atoms with E-state index in [4.69, 9.17) is 5.73 Å². The maximum Gasteiger partial charge on any atom is 0.00564 e. The molecule has 0 aromatic heterocycles. The second-order valence-electron chi connectivity index (χ2n) is 4.09. The van der Waals surface area contributed by atoms with Crippen molar-refractivity contribution in [3.8, 4) is 0 Å². The second kappa shape index (κ2) is 2.89. The van der Waals surface area contributed by atoms with Gasteiger partial charge in [0.15, 0.2) is 0 Å². The molecule has 0 spiro atoms. The quantitative estimate of drug-likeness (QED) is 0.523. The maximum atomic E-state index is 5.87. The van der Waals surface area contributed by atoms with Crippen molar-refractivity contribution < 1.29 is 0 Å². The molecule has 1 aliphatic rings. The first-order valence-corrected chi connectivity index (χ1v) is 4.06. The molecule has 0 saturated carbocycles. The fourth-order valence-corrected chi connectivity index (χ4v) is 1.60. The van der Waals surface area contributed by atoms with E-state index < -0.39 is 0 Å². The Hall–Kier alpha value is -0.0800. The third kappa shape index (κ3) is 2.27. The van der Waals surface area contributed by atoms with Crippen molar-refractivity contribution in [2.45, 2.75) is 32.7 Å². The smallest absolute Gasteiger partial charge is 0.00564 e. The van der Waals surface area contributed by atoms with E-state index in [1.807, 2.05) is 0 Å². The van der Waals surface area contributed by atoms with Crippen LogP contribution in [0, 0.1) is 5.41 Å². The summed E-state index contributed by atoms with van der Waals surface area (Å²) in [6.45, 7) is 6.74. The van der Waals surface area contributed by atoms with Gasteiger partial charge in [-0.15, -0.1) is 0 Å². The number of hydrogen-bond donors (Lipinski definition) is 2. The molecule has 2 heteroatoms. The topological polar surface area (TPSA) is 38.0 Å². The first kappa shape index (κ1) is 8.02. The highest BCUT2D eigenvalue weighted by Crippen LogP contribution is 2.23. The fraction of sp³-hybridized carbons (Fsp3) is 1.00. The molecule has 10 heavy (non-hydrogen) atoms. The van der Waals surface area contributed by atoms with Crippen LogP contribution < -0.4 is 11.1 Å². The predicted octanol–water partition coefficient (Wildman–Crippen LogP) is 0.723. The summed E-state index contributed by atoms with van der Waals surface area (Å²) in [7, 11) is 0. The molecule has 3 N–H and O–H groups in total. The molecule has 0 aromatic rings. The second-order valence-corrected chi connectivity index (χ2v) is 4.09. The molecule has 1 aliphatic heterocycles. The van der Waals surface area contributed by atoms with Gasteiger partial charge in [-0.05, 0) is 24.8 Å². The number of rotatable bonds is 0. The monoisotopic (exact) mass is 142 g/mol. The summed E-state index contributed by atoms with van der Waals surface area (Å²) >= 11 is 0. The van der Waals surface area contributed by atoms with Crippen molar-refractivity contribution in [3.05, 3.63) is 0 Å². The molecule has 0 aliphatic carbocycles. The van der Waals surface area contributed by atoms with Crippen LogP contribution in [0.5, 0.6) is 0 Å². The Morgan fingerprint density at radius 3 is 2.90 bits per heavy atom. The van der Waals surface area contributed by atoms with Gasteiger partial charge in [-0.3, -0.25) is 0 Å². The molecule has 1 heterocycles. The minimum atomic E-state index is 0.399. The third-order valence-electron chi connectivity index (χ3n) is 2.11. The van der Waals surface area contributed by atoms with Gasteiger partial charge in [0.25, 0.3) is 0 Å². The van der Waals surface area contributed by atoms with Crippen LogP contribution in [0.4, 0.5) is 0 Å². The lowest BCUT2D eigenvalue weighted by molar-refractivity contribution is 0.318. The van der Waals surface area contributed by atoms with Gasteiger partial charge in [-0.1, -0.05) is 13.8 Å². The summed E-state index contributed by atoms with van der Waals surface area (Å²) < 4.78 is 0. The molecule has 1 unspecified atom stereocenters. The molecule has 0 aromatic carbocycles. The molecular formula is C8H18N2. The molecule has 1 rings (SSSR count). The Kier molecular flexibility index (Phi) is 2.32. The summed E-state index contributed by atoms with van der Waals surface area (Å²) in [5.74, 6) is 0. The first-order valence-electron chi connectivity index (χ1n) is 4.06. The van der Waals surface area contributed by atoms with Crippen LogP contribution in [0.25, 0.3) is 0 Å². The molecule has 60 valence electrons. The van der Waals surface area contributed by atoms with Crippen LogP contribution >= 0.6 is 0 Å². The van der Waals surface area contributed by atoms with Crippen LogP contribution in [0.15, 0.2) is 0 Å². The zero-order valence-electron chi connectivity index (χ0n) is 6.98. The van der Waals surface area contributed by atoms with Crippen LogP contribution in [-0.2, 0) is 0 Å². The molecule has 0 bridgehead atoms. The van der Waals surface area contributed by atoms with E-state index >= 15 is 0 Å². The van der Waals surface area contributed by atoms with Gasteiger partial charge < -0.3 is 11.1 Å². The highest BCUT2D eigenvalue weighted by molar-refractivity contribution is 4.81. The van der Waals surface area contributed by atoms with Gasteiger partial charge in [-0.2, -0.15) is 0 Å². The van der Waals surface area contributed by atoms with Crippen molar-refractivity contribution in [3.63, 3.8) is 0 Å². The molecule has 0 radical (unpaired) electrons. The third-order valence-corrected chi connectivity index (χ3v) is 2.11. The molecule has 2 nitrogen and oxygen atoms in total. The number of nitrogens with two attached hydrogens (primary N) is 1. The predicted molar refractivity (Wildman–Crippen MR) is 43.9 cm³/mol. The van der Waals surface area contributed by atoms with E-state index in [0.717, 1.165) is 25.9 Å². The van der Waals surface area contributed by atoms with Gasteiger partial charge in [0, 0.05) is 12.6 Å². The Bertz CT molecular complexity index is 110. The Balaban J connectivity index is 2.46. The van der Waals surface area contributed by atoms with Gasteiger partial charge >= 0.3 is 0 Å². The average molecular weight is 142 g/mol. The summed E-state index contributed by atoms with van der Waals surface area (Å²) in [6, 6.07) is 0.407. The number of nitrogens with one attached hydrogen (secondary N) is 1. The summed E-state index contributed by atoms with van der Waals surface area (Å²) in [5.41, 5.74) is 6.27. The van der Waals surface area contributed by atoms with Crippen molar-refractivity contribution >= 4 is 0 Å². The van der Waals surface area contributed by atoms with E-state index in [9.17, 15) is 0 Å². The Labute approximate surface area is 63.2 Å². The highest BCUT2D eigenvalue weighted by Gasteiger charge is 2.23. The van der Waals surface area contributed by atoms with Crippen molar-refractivity contribution in [2.75, 3.05) is 13.1 Å². The van der Waals surface area contributed by atoms with Gasteiger partial charge in [-0.25, -0.2) is 0 Å². The van der Waals surface area contributed by atoms with Gasteiger partial charge in [0.05, 0.1) is 0 Å². The first-order chi connectivity index (χ1) is 4.60. The zero-order valence-corrected chi connectivity index (χ0v) is 6.98. The van der Waals surface area contributed by atoms with E-state index in [0.29, 0.717) is 11.5 Å². The minimum absolute atomic E-state index is 0.399. The minimum Gasteiger partial charge on any atom is -0.328 e. The Morgan fingerprint density at radius 1 is 1.50 bits per heavy atom. The Morgan fingerprint density at radius 2 is 2.20 bits per heavy atom. The lowest BCUT2D eigenvalue weighted by Crippen LogP contribution is -2.29. The lowest BCUT2D eigenvalue weighted by atomic mass is 9.86. The van der Waals surface area contributed by atoms with Crippen LogP contribution in [0.3, 0.4) is 0 Å². The van der Waals surface area contributed by atoms with Crippen molar-refractivity contribution in [1.82, 2.24) is 5.32 Å². The van der Waals surface area contributed by atoms with E-state index in [-0.39, 0.29) is 0 Å². The molecule has 1 fully saturated rings. The molecule has 0 amide bonds. The van der Waals surface area contributed by atoms with E-state index in [2.05, 4.69) is 19.2 Å². The van der Waals surface area contributed by atoms with E-state index in [1.165, 1.54) is 0 Å². The molecule has 1 saturated heterocycles. The van der Waals surface area contributed by atoms with Crippen molar-refractivity contribution in [2.24, 2.45) is 11.1 Å². The maximum absolute atomic E-state index is 5.87. The van der Waals surface area contributed by atoms with Crippen LogP contribution in [0.2, 0.25) is 0 Å².